The molecule has 0 aliphatic heterocycles. The van der Waals surface area contributed by atoms with E-state index in [4.69, 9.17) is 11.6 Å². The first-order chi connectivity index (χ1) is 12.8. The van der Waals surface area contributed by atoms with Crippen LogP contribution >= 0.6 is 34.7 Å². The summed E-state index contributed by atoms with van der Waals surface area (Å²) in [7, 11) is 0. The third kappa shape index (κ3) is 3.52. The monoisotopic (exact) mass is 399 g/mol. The molecule has 2 heterocycles. The minimum atomic E-state index is 0.798. The molecule has 2 aromatic carbocycles. The van der Waals surface area contributed by atoms with Gasteiger partial charge in [0.2, 0.25) is 0 Å². The Bertz CT molecular complexity index is 1020. The Morgan fingerprint density at radius 1 is 1.04 bits per heavy atom. The molecule has 2 aromatic heterocycles. The van der Waals surface area contributed by atoms with Crippen LogP contribution in [0, 0.1) is 0 Å². The van der Waals surface area contributed by atoms with Gasteiger partial charge in [-0.3, -0.25) is 0 Å². The molecular formula is C20H18ClN3S2. The van der Waals surface area contributed by atoms with E-state index in [0.29, 0.717) is 0 Å². The number of thioether (sulfide) groups is 1. The quantitative estimate of drug-likeness (QED) is 0.370. The van der Waals surface area contributed by atoms with Crippen molar-refractivity contribution in [2.24, 2.45) is 0 Å². The zero-order valence-corrected chi connectivity index (χ0v) is 16.7. The fraction of sp³-hybridized carbons (Fsp3) is 0.200. The standard InChI is InChI=1S/C20H18ClN3S2/c1-2-24-18(12-14-8-4-3-5-9-14)22-23-20(24)25-13-17-19(21)15-10-6-7-11-16(15)26-17/h3-11H,2,12-13H2,1H3. The minimum Gasteiger partial charge on any atom is -0.306 e. The van der Waals surface area contributed by atoms with Gasteiger partial charge in [0.25, 0.3) is 0 Å². The van der Waals surface area contributed by atoms with Crippen molar-refractivity contribution in [2.75, 3.05) is 0 Å². The lowest BCUT2D eigenvalue weighted by atomic mass is 10.1. The number of hydrogen-bond acceptors (Lipinski definition) is 4. The van der Waals surface area contributed by atoms with Crippen LogP contribution in [0.1, 0.15) is 23.2 Å². The molecule has 6 heteroatoms. The Balaban J connectivity index is 1.53. The first-order valence-corrected chi connectivity index (χ1v) is 10.7. The van der Waals surface area contributed by atoms with Crippen molar-refractivity contribution < 1.29 is 0 Å². The average molecular weight is 400 g/mol. The predicted molar refractivity (Wildman–Crippen MR) is 111 cm³/mol. The number of nitrogens with zero attached hydrogens (tertiary/aromatic N) is 3. The summed E-state index contributed by atoms with van der Waals surface area (Å²) in [5, 5.41) is 11.8. The molecule has 0 bridgehead atoms. The van der Waals surface area contributed by atoms with Gasteiger partial charge >= 0.3 is 0 Å². The van der Waals surface area contributed by atoms with Gasteiger partial charge in [0.15, 0.2) is 5.16 Å². The third-order valence-electron chi connectivity index (χ3n) is 4.25. The van der Waals surface area contributed by atoms with E-state index in [1.165, 1.54) is 15.1 Å². The molecule has 0 radical (unpaired) electrons. The largest absolute Gasteiger partial charge is 0.306 e. The highest BCUT2D eigenvalue weighted by Crippen LogP contribution is 2.38. The lowest BCUT2D eigenvalue weighted by molar-refractivity contribution is 0.651. The van der Waals surface area contributed by atoms with Crippen LogP contribution in [0.3, 0.4) is 0 Å². The average Bonchev–Trinajstić information content (AvgIpc) is 3.21. The second kappa shape index (κ2) is 7.82. The molecule has 3 nitrogen and oxygen atoms in total. The van der Waals surface area contributed by atoms with Crippen molar-refractivity contribution >= 4 is 44.8 Å². The van der Waals surface area contributed by atoms with E-state index in [0.717, 1.165) is 40.1 Å². The number of aromatic nitrogens is 3. The number of fused-ring (bicyclic) bond motifs is 1. The predicted octanol–water partition coefficient (Wildman–Crippen LogP) is 6.05. The van der Waals surface area contributed by atoms with Crippen LogP contribution in [0.25, 0.3) is 10.1 Å². The minimum absolute atomic E-state index is 0.798. The first-order valence-electron chi connectivity index (χ1n) is 8.51. The van der Waals surface area contributed by atoms with Crippen LogP contribution in [-0.4, -0.2) is 14.8 Å². The van der Waals surface area contributed by atoms with Crippen molar-refractivity contribution in [3.63, 3.8) is 0 Å². The SMILES string of the molecule is CCn1c(Cc2ccccc2)nnc1SCc1sc2ccccc2c1Cl. The Kier molecular flexibility index (Phi) is 5.29. The van der Waals surface area contributed by atoms with Crippen molar-refractivity contribution in [2.45, 2.75) is 30.8 Å². The number of benzene rings is 2. The summed E-state index contributed by atoms with van der Waals surface area (Å²) < 4.78 is 3.42. The lowest BCUT2D eigenvalue weighted by Crippen LogP contribution is -2.04. The van der Waals surface area contributed by atoms with Gasteiger partial charge in [-0.1, -0.05) is 71.9 Å². The zero-order chi connectivity index (χ0) is 17.9. The maximum absolute atomic E-state index is 6.56. The Morgan fingerprint density at radius 3 is 2.58 bits per heavy atom. The maximum atomic E-state index is 6.56. The Labute approximate surface area is 166 Å². The highest BCUT2D eigenvalue weighted by molar-refractivity contribution is 7.98. The topological polar surface area (TPSA) is 30.7 Å². The van der Waals surface area contributed by atoms with Gasteiger partial charge in [0.1, 0.15) is 5.82 Å². The van der Waals surface area contributed by atoms with Gasteiger partial charge in [-0.2, -0.15) is 0 Å². The number of rotatable bonds is 6. The van der Waals surface area contributed by atoms with E-state index < -0.39 is 0 Å². The first kappa shape index (κ1) is 17.6. The van der Waals surface area contributed by atoms with Gasteiger partial charge in [-0.25, -0.2) is 0 Å². The Hall–Kier alpha value is -1.82. The summed E-state index contributed by atoms with van der Waals surface area (Å²) in [6.07, 6.45) is 0.798. The third-order valence-corrected chi connectivity index (χ3v) is 7.14. The number of thiophene rings is 1. The van der Waals surface area contributed by atoms with Gasteiger partial charge in [-0.05, 0) is 18.6 Å². The van der Waals surface area contributed by atoms with Crippen LogP contribution < -0.4 is 0 Å². The van der Waals surface area contributed by atoms with E-state index in [1.54, 1.807) is 23.1 Å². The zero-order valence-electron chi connectivity index (χ0n) is 14.4. The molecule has 4 rings (SSSR count). The lowest BCUT2D eigenvalue weighted by Gasteiger charge is -2.07. The summed E-state index contributed by atoms with van der Waals surface area (Å²) in [5.74, 6) is 1.81. The molecule has 0 unspecified atom stereocenters. The van der Waals surface area contributed by atoms with Gasteiger partial charge < -0.3 is 4.57 Å². The van der Waals surface area contributed by atoms with Crippen LogP contribution in [0.2, 0.25) is 5.02 Å². The summed E-state index contributed by atoms with van der Waals surface area (Å²) in [6, 6.07) is 18.7. The second-order valence-electron chi connectivity index (χ2n) is 5.93. The summed E-state index contributed by atoms with van der Waals surface area (Å²) >= 11 is 10.0. The molecule has 0 atom stereocenters. The maximum Gasteiger partial charge on any atom is 0.191 e. The fourth-order valence-electron chi connectivity index (χ4n) is 2.94. The van der Waals surface area contributed by atoms with Gasteiger partial charge in [-0.15, -0.1) is 21.5 Å². The number of halogens is 1. The van der Waals surface area contributed by atoms with Crippen molar-refractivity contribution in [1.29, 1.82) is 0 Å². The Morgan fingerprint density at radius 2 is 1.81 bits per heavy atom. The van der Waals surface area contributed by atoms with E-state index >= 15 is 0 Å². The molecule has 0 amide bonds. The summed E-state index contributed by atoms with van der Waals surface area (Å²) in [6.45, 7) is 2.99. The van der Waals surface area contributed by atoms with E-state index in [1.807, 2.05) is 12.1 Å². The molecule has 0 aliphatic rings. The highest BCUT2D eigenvalue weighted by Gasteiger charge is 2.15. The molecule has 0 N–H and O–H groups in total. The van der Waals surface area contributed by atoms with Gasteiger partial charge in [0, 0.05) is 33.7 Å². The van der Waals surface area contributed by atoms with Crippen molar-refractivity contribution in [3.05, 3.63) is 75.9 Å². The van der Waals surface area contributed by atoms with E-state index in [2.05, 4.69) is 64.2 Å². The highest BCUT2D eigenvalue weighted by atomic mass is 35.5. The molecule has 0 saturated carbocycles. The van der Waals surface area contributed by atoms with Crippen molar-refractivity contribution in [3.8, 4) is 0 Å². The number of hydrogen-bond donors (Lipinski definition) is 0. The molecule has 26 heavy (non-hydrogen) atoms. The van der Waals surface area contributed by atoms with Crippen LogP contribution in [0.5, 0.6) is 0 Å². The molecule has 132 valence electrons. The molecule has 0 fully saturated rings. The fourth-order valence-corrected chi connectivity index (χ4v) is 5.62. The normalized spacial score (nSPS) is 11.3. The molecule has 0 saturated heterocycles. The summed E-state index contributed by atoms with van der Waals surface area (Å²) in [5.41, 5.74) is 1.25. The smallest absolute Gasteiger partial charge is 0.191 e. The van der Waals surface area contributed by atoms with Crippen LogP contribution in [0.4, 0.5) is 0 Å². The molecule has 4 aromatic rings. The van der Waals surface area contributed by atoms with Crippen LogP contribution in [0.15, 0.2) is 59.8 Å². The molecule has 0 spiro atoms. The summed E-state index contributed by atoms with van der Waals surface area (Å²) in [4.78, 5) is 1.19. The van der Waals surface area contributed by atoms with Crippen molar-refractivity contribution in [1.82, 2.24) is 14.8 Å². The molecule has 0 aliphatic carbocycles. The van der Waals surface area contributed by atoms with E-state index in [9.17, 15) is 0 Å². The second-order valence-corrected chi connectivity index (χ2v) is 8.39. The molecular weight excluding hydrogens is 382 g/mol. The van der Waals surface area contributed by atoms with Crippen LogP contribution in [-0.2, 0) is 18.7 Å². The van der Waals surface area contributed by atoms with Gasteiger partial charge in [0.05, 0.1) is 5.02 Å². The van der Waals surface area contributed by atoms with E-state index in [-0.39, 0.29) is 0 Å².